The van der Waals surface area contributed by atoms with Gasteiger partial charge in [0.1, 0.15) is 5.69 Å². The minimum atomic E-state index is -0.575. The molecule has 0 bridgehead atoms. The number of pyridine rings is 1. The van der Waals surface area contributed by atoms with Crippen molar-refractivity contribution in [2.24, 2.45) is 7.05 Å². The van der Waals surface area contributed by atoms with Gasteiger partial charge in [0.25, 0.3) is 5.91 Å². The first-order chi connectivity index (χ1) is 15.5. The molecule has 3 heterocycles. The van der Waals surface area contributed by atoms with Gasteiger partial charge in [0, 0.05) is 48.3 Å². The number of rotatable bonds is 3. The van der Waals surface area contributed by atoms with E-state index in [1.54, 1.807) is 42.7 Å². The molecule has 1 aliphatic heterocycles. The SMILES string of the molecule is Cn1nccc1C(=O)N1Cc2ccc(Cl)cc2C(C(=O)Nc2cncc3ccccc23)C1. The van der Waals surface area contributed by atoms with Crippen molar-refractivity contribution in [2.45, 2.75) is 12.5 Å². The van der Waals surface area contributed by atoms with Crippen molar-refractivity contribution in [2.75, 3.05) is 11.9 Å². The molecule has 0 saturated heterocycles. The molecule has 4 aromatic rings. The predicted octanol–water partition coefficient (Wildman–Crippen LogP) is 4.00. The second-order valence-electron chi connectivity index (χ2n) is 7.82. The van der Waals surface area contributed by atoms with Crippen LogP contribution in [0.15, 0.2) is 67.1 Å². The zero-order valence-corrected chi connectivity index (χ0v) is 18.1. The van der Waals surface area contributed by atoms with E-state index in [2.05, 4.69) is 15.4 Å². The van der Waals surface area contributed by atoms with Crippen molar-refractivity contribution in [3.8, 4) is 0 Å². The second-order valence-corrected chi connectivity index (χ2v) is 8.26. The lowest BCUT2D eigenvalue weighted by molar-refractivity contribution is -0.118. The molecule has 160 valence electrons. The second kappa shape index (κ2) is 8.09. The minimum Gasteiger partial charge on any atom is -0.332 e. The summed E-state index contributed by atoms with van der Waals surface area (Å²) in [5.74, 6) is -0.960. The Bertz CT molecular complexity index is 1340. The maximum absolute atomic E-state index is 13.5. The molecule has 2 amide bonds. The van der Waals surface area contributed by atoms with Gasteiger partial charge in [-0.1, -0.05) is 41.9 Å². The summed E-state index contributed by atoms with van der Waals surface area (Å²) >= 11 is 6.25. The average molecular weight is 446 g/mol. The first kappa shape index (κ1) is 20.2. The van der Waals surface area contributed by atoms with Crippen molar-refractivity contribution >= 4 is 39.9 Å². The molecule has 32 heavy (non-hydrogen) atoms. The Labute approximate surface area is 189 Å². The van der Waals surface area contributed by atoms with E-state index in [4.69, 9.17) is 11.6 Å². The maximum Gasteiger partial charge on any atom is 0.272 e. The monoisotopic (exact) mass is 445 g/mol. The van der Waals surface area contributed by atoms with Crippen LogP contribution in [0.3, 0.4) is 0 Å². The van der Waals surface area contributed by atoms with Crippen LogP contribution in [-0.2, 0) is 18.4 Å². The van der Waals surface area contributed by atoms with Gasteiger partial charge < -0.3 is 10.2 Å². The minimum absolute atomic E-state index is 0.171. The van der Waals surface area contributed by atoms with Gasteiger partial charge in [-0.15, -0.1) is 0 Å². The average Bonchev–Trinajstić information content (AvgIpc) is 3.24. The molecule has 0 fully saturated rings. The molecular weight excluding hydrogens is 426 g/mol. The number of anilines is 1. The normalized spacial score (nSPS) is 15.4. The van der Waals surface area contributed by atoms with Crippen LogP contribution in [0.1, 0.15) is 27.5 Å². The quantitative estimate of drug-likeness (QED) is 0.517. The lowest BCUT2D eigenvalue weighted by Crippen LogP contribution is -2.42. The van der Waals surface area contributed by atoms with E-state index in [0.29, 0.717) is 22.9 Å². The van der Waals surface area contributed by atoms with E-state index in [0.717, 1.165) is 21.9 Å². The molecule has 1 atom stereocenters. The third-order valence-electron chi connectivity index (χ3n) is 5.82. The fourth-order valence-electron chi connectivity index (χ4n) is 4.18. The zero-order valence-electron chi connectivity index (χ0n) is 17.3. The molecule has 1 aliphatic rings. The van der Waals surface area contributed by atoms with Crippen LogP contribution in [-0.4, -0.2) is 38.0 Å². The molecular formula is C24H20ClN5O2. The van der Waals surface area contributed by atoms with E-state index in [1.807, 2.05) is 36.4 Å². The van der Waals surface area contributed by atoms with Crippen molar-refractivity contribution in [3.05, 3.63) is 89.0 Å². The molecule has 1 N–H and O–H groups in total. The molecule has 2 aromatic carbocycles. The van der Waals surface area contributed by atoms with Crippen LogP contribution in [0.5, 0.6) is 0 Å². The summed E-state index contributed by atoms with van der Waals surface area (Å²) in [4.78, 5) is 32.6. The number of nitrogens with zero attached hydrogens (tertiary/aromatic N) is 4. The molecule has 8 heteroatoms. The summed E-state index contributed by atoms with van der Waals surface area (Å²) in [6.45, 7) is 0.636. The van der Waals surface area contributed by atoms with Crippen LogP contribution < -0.4 is 5.32 Å². The Hall–Kier alpha value is -3.71. The Balaban J connectivity index is 1.49. The molecule has 0 aliphatic carbocycles. The smallest absolute Gasteiger partial charge is 0.272 e. The number of aryl methyl sites for hydroxylation is 1. The largest absolute Gasteiger partial charge is 0.332 e. The summed E-state index contributed by atoms with van der Waals surface area (Å²) < 4.78 is 1.54. The first-order valence-electron chi connectivity index (χ1n) is 10.2. The van der Waals surface area contributed by atoms with Crippen molar-refractivity contribution in [1.82, 2.24) is 19.7 Å². The maximum atomic E-state index is 13.5. The summed E-state index contributed by atoms with van der Waals surface area (Å²) in [5, 5.41) is 9.51. The number of amides is 2. The Morgan fingerprint density at radius 3 is 2.78 bits per heavy atom. The number of nitrogens with one attached hydrogen (secondary N) is 1. The van der Waals surface area contributed by atoms with Crippen molar-refractivity contribution in [3.63, 3.8) is 0 Å². The molecule has 1 unspecified atom stereocenters. The topological polar surface area (TPSA) is 80.1 Å². The standard InChI is InChI=1S/C24H20ClN5O2/c1-29-22(8-9-27-29)24(32)30-13-16-6-7-17(25)10-19(16)20(14-30)23(31)28-21-12-26-11-15-4-2-3-5-18(15)21/h2-12,20H,13-14H2,1H3,(H,28,31). The van der Waals surface area contributed by atoms with Gasteiger partial charge in [0.2, 0.25) is 5.91 Å². The number of carbonyl (C=O) groups is 2. The molecule has 0 spiro atoms. The van der Waals surface area contributed by atoms with Crippen LogP contribution in [0.2, 0.25) is 5.02 Å². The van der Waals surface area contributed by atoms with Gasteiger partial charge >= 0.3 is 0 Å². The fourth-order valence-corrected chi connectivity index (χ4v) is 4.36. The summed E-state index contributed by atoms with van der Waals surface area (Å²) in [6, 6.07) is 14.9. The number of fused-ring (bicyclic) bond motifs is 2. The van der Waals surface area contributed by atoms with Gasteiger partial charge in [-0.05, 0) is 29.3 Å². The van der Waals surface area contributed by atoms with E-state index in [-0.39, 0.29) is 18.4 Å². The number of carbonyl (C=O) groups excluding carboxylic acids is 2. The molecule has 0 saturated carbocycles. The highest BCUT2D eigenvalue weighted by Gasteiger charge is 2.34. The predicted molar refractivity (Wildman–Crippen MR) is 123 cm³/mol. The number of halogens is 1. The highest BCUT2D eigenvalue weighted by molar-refractivity contribution is 6.30. The lowest BCUT2D eigenvalue weighted by atomic mass is 9.88. The molecule has 2 aromatic heterocycles. The van der Waals surface area contributed by atoms with Crippen molar-refractivity contribution in [1.29, 1.82) is 0 Å². The Morgan fingerprint density at radius 2 is 1.97 bits per heavy atom. The van der Waals surface area contributed by atoms with Crippen LogP contribution in [0.4, 0.5) is 5.69 Å². The first-order valence-corrected chi connectivity index (χ1v) is 10.6. The molecule has 5 rings (SSSR count). The Kier molecular flexibility index (Phi) is 5.11. The van der Waals surface area contributed by atoms with Crippen LogP contribution >= 0.6 is 11.6 Å². The zero-order chi connectivity index (χ0) is 22.2. The van der Waals surface area contributed by atoms with E-state index in [1.165, 1.54) is 4.68 Å². The lowest BCUT2D eigenvalue weighted by Gasteiger charge is -2.34. The van der Waals surface area contributed by atoms with Gasteiger partial charge in [0.15, 0.2) is 0 Å². The van der Waals surface area contributed by atoms with E-state index >= 15 is 0 Å². The van der Waals surface area contributed by atoms with Gasteiger partial charge in [-0.2, -0.15) is 5.10 Å². The summed E-state index contributed by atoms with van der Waals surface area (Å²) in [5.41, 5.74) is 2.83. The van der Waals surface area contributed by atoms with Crippen LogP contribution in [0, 0.1) is 0 Å². The van der Waals surface area contributed by atoms with Gasteiger partial charge in [-0.25, -0.2) is 0 Å². The number of aromatic nitrogens is 3. The van der Waals surface area contributed by atoms with Crippen LogP contribution in [0.25, 0.3) is 10.8 Å². The highest BCUT2D eigenvalue weighted by atomic mass is 35.5. The third kappa shape index (κ3) is 3.61. The van der Waals surface area contributed by atoms with Crippen molar-refractivity contribution < 1.29 is 9.59 Å². The highest BCUT2D eigenvalue weighted by Crippen LogP contribution is 2.33. The van der Waals surface area contributed by atoms with Gasteiger partial charge in [0.05, 0.1) is 17.8 Å². The Morgan fingerprint density at radius 1 is 1.12 bits per heavy atom. The third-order valence-corrected chi connectivity index (χ3v) is 6.05. The number of benzene rings is 2. The fraction of sp³-hybridized carbons (Fsp3) is 0.167. The molecule has 7 nitrogen and oxygen atoms in total. The van der Waals surface area contributed by atoms with E-state index < -0.39 is 5.92 Å². The summed E-state index contributed by atoms with van der Waals surface area (Å²) in [7, 11) is 1.72. The molecule has 0 radical (unpaired) electrons. The number of hydrogen-bond acceptors (Lipinski definition) is 4. The summed E-state index contributed by atoms with van der Waals surface area (Å²) in [6.07, 6.45) is 4.98. The van der Waals surface area contributed by atoms with E-state index in [9.17, 15) is 9.59 Å². The van der Waals surface area contributed by atoms with Gasteiger partial charge in [-0.3, -0.25) is 19.3 Å². The number of hydrogen-bond donors (Lipinski definition) is 1.